The van der Waals surface area contributed by atoms with Gasteiger partial charge in [-0.3, -0.25) is 5.41 Å². The molecule has 1 aliphatic rings. The van der Waals surface area contributed by atoms with Crippen LogP contribution in [-0.4, -0.2) is 70.6 Å². The van der Waals surface area contributed by atoms with Crippen LogP contribution in [0.3, 0.4) is 0 Å². The third kappa shape index (κ3) is 8.83. The van der Waals surface area contributed by atoms with Gasteiger partial charge < -0.3 is 27.8 Å². The SMILES string of the molecule is CC[Si](CC)(CC)O[C@@H]1[C@@H](OC(=O)c2ccc(OC)cc2)[C@H](OC(=N)C(Cl)(Cl)Cl)OC[C@H]1O[Si](CC)(CC)CC. The molecule has 0 amide bonds. The van der Waals surface area contributed by atoms with Crippen molar-refractivity contribution in [2.24, 2.45) is 0 Å². The lowest BCUT2D eigenvalue weighted by Crippen LogP contribution is -2.63. The monoisotopic (exact) mass is 655 g/mol. The molecule has 8 nitrogen and oxygen atoms in total. The molecule has 0 bridgehead atoms. The van der Waals surface area contributed by atoms with E-state index in [0.717, 1.165) is 36.3 Å². The van der Waals surface area contributed by atoms with E-state index in [1.165, 1.54) is 0 Å². The number of carbonyl (C=O) groups excluding carboxylic acids is 1. The molecule has 0 aliphatic carbocycles. The standard InChI is InChI=1S/C27H44Cl3NO7Si2/c1-8-39(9-2,10-3)37-21-18-34-25(36-26(31)27(28,29)30)23(22(21)38-40(11-4,12-5)13-6)35-24(32)19-14-16-20(33-7)17-15-19/h14-17,21-23,25,31H,8-13,18H2,1-7H3/t21-,22+,23-,25+/m1/s1. The molecule has 1 N–H and O–H groups in total. The number of halogens is 3. The van der Waals surface area contributed by atoms with Crippen molar-refractivity contribution in [1.29, 1.82) is 5.41 Å². The summed E-state index contributed by atoms with van der Waals surface area (Å²) in [6.45, 7) is 13.0. The highest BCUT2D eigenvalue weighted by Gasteiger charge is 2.52. The number of hydrogen-bond acceptors (Lipinski definition) is 8. The summed E-state index contributed by atoms with van der Waals surface area (Å²) >= 11 is 17.8. The fourth-order valence-electron chi connectivity index (χ4n) is 4.93. The van der Waals surface area contributed by atoms with E-state index in [9.17, 15) is 4.79 Å². The summed E-state index contributed by atoms with van der Waals surface area (Å²) in [6.07, 6.45) is -3.53. The number of hydrogen-bond donors (Lipinski definition) is 1. The van der Waals surface area contributed by atoms with Crippen LogP contribution in [0.4, 0.5) is 0 Å². The number of nitrogens with one attached hydrogen (secondary N) is 1. The van der Waals surface area contributed by atoms with Crippen LogP contribution >= 0.6 is 34.8 Å². The van der Waals surface area contributed by atoms with E-state index < -0.39 is 56.9 Å². The number of alkyl halides is 3. The van der Waals surface area contributed by atoms with E-state index in [2.05, 4.69) is 41.5 Å². The van der Waals surface area contributed by atoms with Gasteiger partial charge in [-0.1, -0.05) is 76.3 Å². The molecule has 40 heavy (non-hydrogen) atoms. The van der Waals surface area contributed by atoms with Crippen LogP contribution in [0.2, 0.25) is 36.3 Å². The van der Waals surface area contributed by atoms with Crippen molar-refractivity contribution in [2.45, 2.75) is 106 Å². The maximum Gasteiger partial charge on any atom is 0.338 e. The van der Waals surface area contributed by atoms with Gasteiger partial charge in [0.25, 0.3) is 3.79 Å². The lowest BCUT2D eigenvalue weighted by Gasteiger charge is -2.47. The number of carbonyl (C=O) groups is 1. The molecule has 1 aromatic rings. The molecule has 2 rings (SSSR count). The summed E-state index contributed by atoms with van der Waals surface area (Å²) in [5.41, 5.74) is 0.308. The molecule has 1 fully saturated rings. The molecule has 0 spiro atoms. The van der Waals surface area contributed by atoms with Crippen molar-refractivity contribution in [3.63, 3.8) is 0 Å². The van der Waals surface area contributed by atoms with Crippen LogP contribution in [-0.2, 0) is 23.1 Å². The number of benzene rings is 1. The fraction of sp³-hybridized carbons (Fsp3) is 0.704. The normalized spacial score (nSPS) is 22.1. The van der Waals surface area contributed by atoms with Gasteiger partial charge in [-0.15, -0.1) is 0 Å². The first-order chi connectivity index (χ1) is 18.9. The zero-order valence-electron chi connectivity index (χ0n) is 24.6. The second-order valence-corrected chi connectivity index (χ2v) is 21.7. The maximum atomic E-state index is 13.4. The van der Waals surface area contributed by atoms with Crippen LogP contribution in [0.25, 0.3) is 0 Å². The summed E-state index contributed by atoms with van der Waals surface area (Å²) in [5, 5.41) is 8.19. The Hall–Kier alpha value is -0.856. The van der Waals surface area contributed by atoms with E-state index >= 15 is 0 Å². The van der Waals surface area contributed by atoms with E-state index in [4.69, 9.17) is 68.0 Å². The molecule has 228 valence electrons. The largest absolute Gasteiger partial charge is 0.497 e. The fourth-order valence-corrected chi connectivity index (χ4v) is 10.8. The van der Waals surface area contributed by atoms with Gasteiger partial charge in [0.15, 0.2) is 22.7 Å². The third-order valence-electron chi connectivity index (χ3n) is 8.10. The molecule has 13 heteroatoms. The molecular weight excluding hydrogens is 613 g/mol. The van der Waals surface area contributed by atoms with Gasteiger partial charge in [0, 0.05) is 0 Å². The van der Waals surface area contributed by atoms with Gasteiger partial charge in [-0.05, 0) is 60.5 Å². The van der Waals surface area contributed by atoms with E-state index in [1.807, 2.05) is 0 Å². The topological polar surface area (TPSA) is 96.3 Å². The van der Waals surface area contributed by atoms with E-state index in [1.54, 1.807) is 31.4 Å². The van der Waals surface area contributed by atoms with E-state index in [0.29, 0.717) is 11.3 Å². The summed E-state index contributed by atoms with van der Waals surface area (Å²) in [7, 11) is -2.84. The Kier molecular flexibility index (Phi) is 13.8. The second kappa shape index (κ2) is 15.6. The minimum atomic E-state index is -2.26. The van der Waals surface area contributed by atoms with Crippen molar-refractivity contribution >= 4 is 63.3 Å². The predicted octanol–water partition coefficient (Wildman–Crippen LogP) is 7.72. The van der Waals surface area contributed by atoms with Crippen LogP contribution < -0.4 is 4.74 Å². The molecule has 1 aromatic carbocycles. The zero-order valence-corrected chi connectivity index (χ0v) is 28.8. The number of esters is 1. The molecule has 4 atom stereocenters. The van der Waals surface area contributed by atoms with Crippen molar-refractivity contribution in [2.75, 3.05) is 13.7 Å². The van der Waals surface area contributed by atoms with Gasteiger partial charge in [-0.2, -0.15) is 0 Å². The molecule has 1 aliphatic heterocycles. The van der Waals surface area contributed by atoms with Crippen molar-refractivity contribution in [3.8, 4) is 5.75 Å². The van der Waals surface area contributed by atoms with Crippen LogP contribution in [0.1, 0.15) is 51.9 Å². The molecule has 1 heterocycles. The summed E-state index contributed by atoms with van der Waals surface area (Å²) in [5.74, 6) is -0.647. The Labute approximate surface area is 256 Å². The average Bonchev–Trinajstić information content (AvgIpc) is 2.96. The summed E-state index contributed by atoms with van der Waals surface area (Å²) in [4.78, 5) is 13.4. The van der Waals surface area contributed by atoms with Crippen molar-refractivity contribution < 1.29 is 32.6 Å². The Bertz CT molecular complexity index is 940. The molecule has 0 radical (unpaired) electrons. The van der Waals surface area contributed by atoms with Gasteiger partial charge in [0.05, 0.1) is 25.4 Å². The minimum Gasteiger partial charge on any atom is -0.497 e. The Morgan fingerprint density at radius 2 is 1.38 bits per heavy atom. The smallest absolute Gasteiger partial charge is 0.338 e. The second-order valence-electron chi connectivity index (χ2n) is 9.97. The van der Waals surface area contributed by atoms with Crippen LogP contribution in [0.15, 0.2) is 24.3 Å². The summed E-state index contributed by atoms with van der Waals surface area (Å²) in [6, 6.07) is 12.0. The number of ether oxygens (including phenoxy) is 4. The molecule has 0 saturated carbocycles. The predicted molar refractivity (Wildman–Crippen MR) is 165 cm³/mol. The Morgan fingerprint density at radius 3 is 1.82 bits per heavy atom. The van der Waals surface area contributed by atoms with Gasteiger partial charge in [0.2, 0.25) is 12.2 Å². The zero-order chi connectivity index (χ0) is 30.1. The Balaban J connectivity index is 2.58. The minimum absolute atomic E-state index is 0.120. The van der Waals surface area contributed by atoms with Gasteiger partial charge in [0.1, 0.15) is 11.9 Å². The lowest BCUT2D eigenvalue weighted by molar-refractivity contribution is -0.240. The molecule has 0 unspecified atom stereocenters. The summed E-state index contributed by atoms with van der Waals surface area (Å²) < 4.78 is 34.9. The maximum absolute atomic E-state index is 13.4. The quantitative estimate of drug-likeness (QED) is 0.0720. The van der Waals surface area contributed by atoms with Crippen molar-refractivity contribution in [3.05, 3.63) is 29.8 Å². The first-order valence-electron chi connectivity index (χ1n) is 14.0. The molecule has 1 saturated heterocycles. The Morgan fingerprint density at radius 1 is 0.875 bits per heavy atom. The number of rotatable bonds is 14. The first kappa shape index (κ1) is 35.3. The third-order valence-corrected chi connectivity index (χ3v) is 17.9. The lowest BCUT2D eigenvalue weighted by atomic mass is 10.0. The highest BCUT2D eigenvalue weighted by atomic mass is 35.6. The first-order valence-corrected chi connectivity index (χ1v) is 20.2. The van der Waals surface area contributed by atoms with E-state index in [-0.39, 0.29) is 6.61 Å². The molecule has 0 aromatic heterocycles. The average molecular weight is 657 g/mol. The highest BCUT2D eigenvalue weighted by molar-refractivity contribution is 6.76. The van der Waals surface area contributed by atoms with Gasteiger partial charge in [-0.25, -0.2) is 4.79 Å². The molecular formula is C27H44Cl3NO7Si2. The van der Waals surface area contributed by atoms with Gasteiger partial charge >= 0.3 is 5.97 Å². The van der Waals surface area contributed by atoms with Crippen LogP contribution in [0.5, 0.6) is 5.75 Å². The highest BCUT2D eigenvalue weighted by Crippen LogP contribution is 2.36. The number of methoxy groups -OCH3 is 1. The van der Waals surface area contributed by atoms with Crippen molar-refractivity contribution in [1.82, 2.24) is 0 Å². The van der Waals surface area contributed by atoms with Crippen LogP contribution in [0, 0.1) is 5.41 Å².